The zero-order valence-corrected chi connectivity index (χ0v) is 16.8. The molecule has 3 aromatic carbocycles. The summed E-state index contributed by atoms with van der Waals surface area (Å²) < 4.78 is 32.8. The minimum Gasteiger partial charge on any atom is -0.384 e. The molecule has 0 aliphatic rings. The first-order chi connectivity index (χ1) is 14.0. The van der Waals surface area contributed by atoms with Crippen LogP contribution >= 0.6 is 0 Å². The summed E-state index contributed by atoms with van der Waals surface area (Å²) in [6.45, 7) is 0.626. The predicted octanol–water partition coefficient (Wildman–Crippen LogP) is 3.93. The lowest BCUT2D eigenvalue weighted by Gasteiger charge is -2.13. The van der Waals surface area contributed by atoms with Gasteiger partial charge < -0.3 is 10.1 Å². The monoisotopic (exact) mass is 410 g/mol. The smallest absolute Gasteiger partial charge is 0.261 e. The Labute approximate surface area is 170 Å². The van der Waals surface area contributed by atoms with Gasteiger partial charge in [-0.05, 0) is 48.4 Å². The van der Waals surface area contributed by atoms with Gasteiger partial charge in [0.25, 0.3) is 15.9 Å². The third-order valence-electron chi connectivity index (χ3n) is 4.28. The van der Waals surface area contributed by atoms with Gasteiger partial charge in [-0.15, -0.1) is 0 Å². The number of amides is 1. The highest BCUT2D eigenvalue weighted by Crippen LogP contribution is 2.21. The molecule has 0 unspecified atom stereocenters. The summed E-state index contributed by atoms with van der Waals surface area (Å²) in [5.74, 6) is -0.402. The van der Waals surface area contributed by atoms with E-state index in [1.54, 1.807) is 61.7 Å². The second kappa shape index (κ2) is 9.36. The second-order valence-electron chi connectivity index (χ2n) is 6.36. The summed E-state index contributed by atoms with van der Waals surface area (Å²) in [6, 6.07) is 21.9. The Balaban J connectivity index is 1.77. The number of anilines is 2. The number of carbonyl (C=O) groups excluding carboxylic acids is 1. The lowest BCUT2D eigenvalue weighted by molar-refractivity contribution is 0.102. The maximum atomic E-state index is 12.7. The normalized spacial score (nSPS) is 11.1. The van der Waals surface area contributed by atoms with E-state index in [1.165, 1.54) is 12.1 Å². The van der Waals surface area contributed by atoms with Crippen molar-refractivity contribution in [3.63, 3.8) is 0 Å². The molecule has 0 aromatic heterocycles. The lowest BCUT2D eigenvalue weighted by atomic mass is 10.1. The summed E-state index contributed by atoms with van der Waals surface area (Å²) >= 11 is 0. The van der Waals surface area contributed by atoms with E-state index < -0.39 is 15.9 Å². The molecular formula is C22H22N2O4S. The van der Waals surface area contributed by atoms with Gasteiger partial charge in [-0.1, -0.05) is 42.5 Å². The van der Waals surface area contributed by atoms with Crippen molar-refractivity contribution in [3.05, 3.63) is 90.0 Å². The molecule has 0 fully saturated rings. The Morgan fingerprint density at radius 1 is 0.897 bits per heavy atom. The fourth-order valence-electron chi connectivity index (χ4n) is 2.75. The van der Waals surface area contributed by atoms with Gasteiger partial charge in [0.05, 0.1) is 22.8 Å². The molecule has 1 amide bonds. The fraction of sp³-hybridized carbons (Fsp3) is 0.136. The number of nitrogens with one attached hydrogen (secondary N) is 2. The van der Waals surface area contributed by atoms with E-state index in [9.17, 15) is 13.2 Å². The summed E-state index contributed by atoms with van der Waals surface area (Å²) in [4.78, 5) is 12.9. The van der Waals surface area contributed by atoms with Crippen LogP contribution in [0.4, 0.5) is 11.4 Å². The number of carbonyl (C=O) groups is 1. The van der Waals surface area contributed by atoms with Gasteiger partial charge >= 0.3 is 0 Å². The van der Waals surface area contributed by atoms with Gasteiger partial charge in [0.1, 0.15) is 0 Å². The number of hydrogen-bond acceptors (Lipinski definition) is 4. The zero-order valence-electron chi connectivity index (χ0n) is 16.0. The topological polar surface area (TPSA) is 84.5 Å². The maximum Gasteiger partial charge on any atom is 0.261 e. The van der Waals surface area contributed by atoms with Crippen molar-refractivity contribution in [1.29, 1.82) is 0 Å². The molecular weight excluding hydrogens is 388 g/mol. The van der Waals surface area contributed by atoms with Crippen LogP contribution in [0.15, 0.2) is 83.8 Å². The minimum absolute atomic E-state index is 0.127. The van der Waals surface area contributed by atoms with E-state index in [4.69, 9.17) is 4.74 Å². The average Bonchev–Trinajstić information content (AvgIpc) is 2.74. The first kappa shape index (κ1) is 20.6. The molecule has 3 aromatic rings. The molecule has 0 spiro atoms. The van der Waals surface area contributed by atoms with Gasteiger partial charge in [-0.2, -0.15) is 0 Å². The molecule has 0 bridgehead atoms. The van der Waals surface area contributed by atoms with Crippen LogP contribution in [0.1, 0.15) is 15.9 Å². The molecule has 29 heavy (non-hydrogen) atoms. The van der Waals surface area contributed by atoms with Crippen LogP contribution in [-0.2, 0) is 21.2 Å². The number of sulfonamides is 1. The number of hydrogen-bond donors (Lipinski definition) is 2. The van der Waals surface area contributed by atoms with Crippen molar-refractivity contribution in [2.24, 2.45) is 0 Å². The highest BCUT2D eigenvalue weighted by atomic mass is 32.2. The molecule has 0 aliphatic heterocycles. The van der Waals surface area contributed by atoms with Crippen LogP contribution in [0.2, 0.25) is 0 Å². The molecule has 0 heterocycles. The summed E-state index contributed by atoms with van der Waals surface area (Å²) in [5.41, 5.74) is 2.17. The number of benzene rings is 3. The Hall–Kier alpha value is -3.16. The van der Waals surface area contributed by atoms with Gasteiger partial charge in [-0.25, -0.2) is 8.42 Å². The first-order valence-electron chi connectivity index (χ1n) is 9.06. The van der Waals surface area contributed by atoms with Crippen LogP contribution in [0.25, 0.3) is 0 Å². The summed E-state index contributed by atoms with van der Waals surface area (Å²) in [7, 11) is -2.15. The van der Waals surface area contributed by atoms with E-state index in [2.05, 4.69) is 10.0 Å². The van der Waals surface area contributed by atoms with E-state index in [-0.39, 0.29) is 16.1 Å². The Kier molecular flexibility index (Phi) is 6.64. The highest BCUT2D eigenvalue weighted by Gasteiger charge is 2.18. The largest absolute Gasteiger partial charge is 0.384 e. The number of ether oxygens (including phenoxy) is 1. The van der Waals surface area contributed by atoms with E-state index >= 15 is 0 Å². The molecule has 6 nitrogen and oxygen atoms in total. The molecule has 3 rings (SSSR count). The van der Waals surface area contributed by atoms with Crippen molar-refractivity contribution in [2.45, 2.75) is 11.3 Å². The third kappa shape index (κ3) is 5.43. The van der Waals surface area contributed by atoms with Crippen molar-refractivity contribution >= 4 is 27.3 Å². The minimum atomic E-state index is -3.80. The van der Waals surface area contributed by atoms with Crippen molar-refractivity contribution in [2.75, 3.05) is 23.8 Å². The average molecular weight is 410 g/mol. The van der Waals surface area contributed by atoms with Gasteiger partial charge in [0.15, 0.2) is 0 Å². The lowest BCUT2D eigenvalue weighted by Crippen LogP contribution is -2.18. The Morgan fingerprint density at radius 3 is 2.24 bits per heavy atom. The van der Waals surface area contributed by atoms with Crippen LogP contribution in [0.3, 0.4) is 0 Å². The quantitative estimate of drug-likeness (QED) is 0.589. The van der Waals surface area contributed by atoms with E-state index in [1.807, 2.05) is 12.1 Å². The maximum absolute atomic E-state index is 12.7. The third-order valence-corrected chi connectivity index (χ3v) is 5.66. The molecule has 150 valence electrons. The molecule has 7 heteroatoms. The SMILES string of the molecule is COCCc1ccc(NC(=O)c2ccccc2NS(=O)(=O)c2ccccc2)cc1. The van der Waals surface area contributed by atoms with Gasteiger partial charge in [-0.3, -0.25) is 9.52 Å². The fourth-order valence-corrected chi connectivity index (χ4v) is 3.85. The van der Waals surface area contributed by atoms with E-state index in [0.29, 0.717) is 12.3 Å². The second-order valence-corrected chi connectivity index (χ2v) is 8.04. The standard InChI is InChI=1S/C22H22N2O4S/c1-28-16-15-17-11-13-18(14-12-17)23-22(25)20-9-5-6-10-21(20)24-29(26,27)19-7-3-2-4-8-19/h2-14,24H,15-16H2,1H3,(H,23,25). The summed E-state index contributed by atoms with van der Waals surface area (Å²) in [6.07, 6.45) is 0.787. The summed E-state index contributed by atoms with van der Waals surface area (Å²) in [5, 5.41) is 2.80. The van der Waals surface area contributed by atoms with Crippen LogP contribution in [0.5, 0.6) is 0 Å². The van der Waals surface area contributed by atoms with Crippen molar-refractivity contribution < 1.29 is 17.9 Å². The number of rotatable bonds is 8. The predicted molar refractivity (Wildman–Crippen MR) is 114 cm³/mol. The number of methoxy groups -OCH3 is 1. The molecule has 0 aliphatic carbocycles. The van der Waals surface area contributed by atoms with Gasteiger partial charge in [0.2, 0.25) is 0 Å². The van der Waals surface area contributed by atoms with Crippen LogP contribution in [-0.4, -0.2) is 28.0 Å². The van der Waals surface area contributed by atoms with Crippen molar-refractivity contribution in [1.82, 2.24) is 0 Å². The molecule has 0 atom stereocenters. The highest BCUT2D eigenvalue weighted by molar-refractivity contribution is 7.92. The molecule has 0 saturated carbocycles. The van der Waals surface area contributed by atoms with Crippen LogP contribution in [0, 0.1) is 0 Å². The molecule has 2 N–H and O–H groups in total. The molecule has 0 radical (unpaired) electrons. The zero-order chi connectivity index (χ0) is 20.7. The van der Waals surface area contributed by atoms with Crippen molar-refractivity contribution in [3.8, 4) is 0 Å². The Bertz CT molecular complexity index is 1070. The van der Waals surface area contributed by atoms with E-state index in [0.717, 1.165) is 12.0 Å². The Morgan fingerprint density at radius 2 is 1.55 bits per heavy atom. The molecule has 0 saturated heterocycles. The van der Waals surface area contributed by atoms with Gasteiger partial charge in [0, 0.05) is 12.8 Å². The first-order valence-corrected chi connectivity index (χ1v) is 10.5. The van der Waals surface area contributed by atoms with Crippen LogP contribution < -0.4 is 10.0 Å². The number of para-hydroxylation sites is 1.